The van der Waals surface area contributed by atoms with Crippen LogP contribution in [0, 0.1) is 12.8 Å². The summed E-state index contributed by atoms with van der Waals surface area (Å²) in [6.07, 6.45) is 2.20. The molecule has 1 atom stereocenters. The number of thiocarbonyl (C=S) groups is 1. The number of anilines is 1. The molecular formula is C14H20N2OS. The molecule has 0 amide bonds. The average molecular weight is 264 g/mol. The van der Waals surface area contributed by atoms with Crippen molar-refractivity contribution in [1.82, 2.24) is 4.90 Å². The van der Waals surface area contributed by atoms with Gasteiger partial charge in [0.05, 0.1) is 0 Å². The summed E-state index contributed by atoms with van der Waals surface area (Å²) in [4.78, 5) is 2.16. The number of nitrogens with zero attached hydrogens (tertiary/aromatic N) is 1. The molecule has 1 aliphatic rings. The fourth-order valence-electron chi connectivity index (χ4n) is 2.31. The maximum absolute atomic E-state index is 9.23. The summed E-state index contributed by atoms with van der Waals surface area (Å²) in [5.41, 5.74) is 2.25. The van der Waals surface area contributed by atoms with Gasteiger partial charge >= 0.3 is 0 Å². The van der Waals surface area contributed by atoms with Gasteiger partial charge in [0.2, 0.25) is 0 Å². The Bertz CT molecular complexity index is 422. The van der Waals surface area contributed by atoms with Gasteiger partial charge < -0.3 is 15.3 Å². The van der Waals surface area contributed by atoms with E-state index in [1.807, 2.05) is 18.2 Å². The van der Waals surface area contributed by atoms with E-state index in [9.17, 15) is 5.11 Å². The van der Waals surface area contributed by atoms with Gasteiger partial charge in [-0.05, 0) is 49.5 Å². The molecule has 0 aromatic heterocycles. The predicted octanol–water partition coefficient (Wildman–Crippen LogP) is 2.40. The van der Waals surface area contributed by atoms with Crippen LogP contribution in [0.25, 0.3) is 0 Å². The summed E-state index contributed by atoms with van der Waals surface area (Å²) in [5, 5.41) is 13.3. The average Bonchev–Trinajstić information content (AvgIpc) is 2.41. The van der Waals surface area contributed by atoms with E-state index >= 15 is 0 Å². The number of aliphatic hydroxyl groups excluding tert-OH is 1. The number of aliphatic hydroxyl groups is 1. The molecule has 1 fully saturated rings. The minimum absolute atomic E-state index is 0.253. The summed E-state index contributed by atoms with van der Waals surface area (Å²) < 4.78 is 0. The number of para-hydroxylation sites is 1. The molecule has 0 spiro atoms. The Kier molecular flexibility index (Phi) is 4.55. The molecule has 18 heavy (non-hydrogen) atoms. The van der Waals surface area contributed by atoms with Crippen LogP contribution in [-0.2, 0) is 0 Å². The van der Waals surface area contributed by atoms with E-state index in [-0.39, 0.29) is 6.61 Å². The number of aryl methyl sites for hydroxylation is 1. The third-order valence-corrected chi connectivity index (χ3v) is 3.81. The van der Waals surface area contributed by atoms with Crippen LogP contribution in [0.15, 0.2) is 24.3 Å². The second-order valence-electron chi connectivity index (χ2n) is 4.88. The van der Waals surface area contributed by atoms with Gasteiger partial charge in [-0.3, -0.25) is 0 Å². The first-order valence-corrected chi connectivity index (χ1v) is 6.84. The first kappa shape index (κ1) is 13.3. The van der Waals surface area contributed by atoms with E-state index in [2.05, 4.69) is 23.2 Å². The van der Waals surface area contributed by atoms with Crippen LogP contribution in [0.2, 0.25) is 0 Å². The lowest BCUT2D eigenvalue weighted by Gasteiger charge is -2.34. The van der Waals surface area contributed by atoms with Gasteiger partial charge in [0.1, 0.15) is 0 Å². The minimum atomic E-state index is 0.253. The van der Waals surface area contributed by atoms with Crippen molar-refractivity contribution >= 4 is 23.0 Å². The molecule has 1 saturated heterocycles. The molecule has 1 heterocycles. The highest BCUT2D eigenvalue weighted by atomic mass is 32.1. The molecule has 2 rings (SSSR count). The van der Waals surface area contributed by atoms with E-state index in [0.717, 1.165) is 36.7 Å². The molecule has 0 radical (unpaired) electrons. The first-order valence-electron chi connectivity index (χ1n) is 6.43. The molecule has 0 bridgehead atoms. The van der Waals surface area contributed by atoms with Gasteiger partial charge in [0.15, 0.2) is 5.11 Å². The topological polar surface area (TPSA) is 35.5 Å². The Balaban J connectivity index is 1.97. The Morgan fingerprint density at radius 1 is 1.50 bits per heavy atom. The number of hydrogen-bond acceptors (Lipinski definition) is 2. The van der Waals surface area contributed by atoms with Gasteiger partial charge in [-0.1, -0.05) is 18.2 Å². The molecule has 1 aromatic carbocycles. The van der Waals surface area contributed by atoms with Gasteiger partial charge in [0.25, 0.3) is 0 Å². The van der Waals surface area contributed by atoms with Crippen LogP contribution < -0.4 is 5.32 Å². The molecule has 4 heteroatoms. The summed E-state index contributed by atoms with van der Waals surface area (Å²) in [7, 11) is 0. The fraction of sp³-hybridized carbons (Fsp3) is 0.500. The zero-order valence-corrected chi connectivity index (χ0v) is 11.5. The Morgan fingerprint density at radius 3 is 3.00 bits per heavy atom. The van der Waals surface area contributed by atoms with Crippen molar-refractivity contribution in [2.45, 2.75) is 19.8 Å². The SMILES string of the molecule is Cc1ccccc1NC(=S)N1CCC[C@H](CO)C1. The van der Waals surface area contributed by atoms with Crippen molar-refractivity contribution in [1.29, 1.82) is 0 Å². The largest absolute Gasteiger partial charge is 0.396 e. The molecule has 0 aliphatic carbocycles. The maximum Gasteiger partial charge on any atom is 0.173 e. The number of nitrogens with one attached hydrogen (secondary N) is 1. The molecular weight excluding hydrogens is 244 g/mol. The highest BCUT2D eigenvalue weighted by Gasteiger charge is 2.21. The lowest BCUT2D eigenvalue weighted by molar-refractivity contribution is 0.162. The minimum Gasteiger partial charge on any atom is -0.396 e. The zero-order chi connectivity index (χ0) is 13.0. The van der Waals surface area contributed by atoms with Crippen molar-refractivity contribution in [3.05, 3.63) is 29.8 Å². The van der Waals surface area contributed by atoms with Crippen LogP contribution in [-0.4, -0.2) is 34.8 Å². The Morgan fingerprint density at radius 2 is 2.28 bits per heavy atom. The van der Waals surface area contributed by atoms with Gasteiger partial charge in [-0.15, -0.1) is 0 Å². The summed E-state index contributed by atoms with van der Waals surface area (Å²) in [5.74, 6) is 0.357. The molecule has 1 aromatic rings. The van der Waals surface area contributed by atoms with Crippen molar-refractivity contribution in [2.24, 2.45) is 5.92 Å². The highest BCUT2D eigenvalue weighted by molar-refractivity contribution is 7.80. The van der Waals surface area contributed by atoms with Gasteiger partial charge in [-0.25, -0.2) is 0 Å². The zero-order valence-electron chi connectivity index (χ0n) is 10.7. The number of piperidine rings is 1. The van der Waals surface area contributed by atoms with Crippen molar-refractivity contribution < 1.29 is 5.11 Å². The van der Waals surface area contributed by atoms with E-state index in [1.54, 1.807) is 0 Å². The lowest BCUT2D eigenvalue weighted by Crippen LogP contribution is -2.43. The van der Waals surface area contributed by atoms with Crippen LogP contribution in [0.3, 0.4) is 0 Å². The van der Waals surface area contributed by atoms with Crippen molar-refractivity contribution in [2.75, 3.05) is 25.0 Å². The van der Waals surface area contributed by atoms with Gasteiger partial charge in [0, 0.05) is 25.4 Å². The van der Waals surface area contributed by atoms with Crippen LogP contribution in [0.5, 0.6) is 0 Å². The molecule has 0 saturated carbocycles. The summed E-state index contributed by atoms with van der Waals surface area (Å²) in [6, 6.07) is 8.13. The molecule has 3 nitrogen and oxygen atoms in total. The third kappa shape index (κ3) is 3.21. The van der Waals surface area contributed by atoms with Crippen molar-refractivity contribution in [3.63, 3.8) is 0 Å². The second-order valence-corrected chi connectivity index (χ2v) is 5.27. The van der Waals surface area contributed by atoms with Crippen LogP contribution >= 0.6 is 12.2 Å². The van der Waals surface area contributed by atoms with E-state index < -0.39 is 0 Å². The monoisotopic (exact) mass is 264 g/mol. The summed E-state index contributed by atoms with van der Waals surface area (Å²) in [6.45, 7) is 4.16. The quantitative estimate of drug-likeness (QED) is 0.804. The summed E-state index contributed by atoms with van der Waals surface area (Å²) >= 11 is 5.45. The van der Waals surface area contributed by atoms with E-state index in [1.165, 1.54) is 5.56 Å². The fourth-order valence-corrected chi connectivity index (χ4v) is 2.58. The van der Waals surface area contributed by atoms with Gasteiger partial charge in [-0.2, -0.15) is 0 Å². The normalized spacial score (nSPS) is 19.7. The highest BCUT2D eigenvalue weighted by Crippen LogP contribution is 2.18. The number of benzene rings is 1. The molecule has 98 valence electrons. The lowest BCUT2D eigenvalue weighted by atomic mass is 9.99. The van der Waals surface area contributed by atoms with Crippen LogP contribution in [0.1, 0.15) is 18.4 Å². The predicted molar refractivity (Wildman–Crippen MR) is 78.8 cm³/mol. The van der Waals surface area contributed by atoms with Crippen molar-refractivity contribution in [3.8, 4) is 0 Å². The smallest absolute Gasteiger partial charge is 0.173 e. The van der Waals surface area contributed by atoms with E-state index in [4.69, 9.17) is 12.2 Å². The Hall–Kier alpha value is -1.13. The number of hydrogen-bond donors (Lipinski definition) is 2. The Labute approximate surface area is 114 Å². The second kappa shape index (κ2) is 6.16. The standard InChI is InChI=1S/C14H20N2OS/c1-11-5-2-3-7-13(11)15-14(18)16-8-4-6-12(9-16)10-17/h2-3,5,7,12,17H,4,6,8-10H2,1H3,(H,15,18)/t12-/m0/s1. The van der Waals surface area contributed by atoms with E-state index in [0.29, 0.717) is 5.92 Å². The number of likely N-dealkylation sites (tertiary alicyclic amines) is 1. The first-order chi connectivity index (χ1) is 8.70. The third-order valence-electron chi connectivity index (χ3n) is 3.45. The maximum atomic E-state index is 9.23. The molecule has 1 aliphatic heterocycles. The molecule has 0 unspecified atom stereocenters. The number of rotatable bonds is 2. The molecule has 2 N–H and O–H groups in total. The van der Waals surface area contributed by atoms with Crippen LogP contribution in [0.4, 0.5) is 5.69 Å².